The first-order valence-electron chi connectivity index (χ1n) is 4.68. The number of nitrogens with zero attached hydrogens (tertiary/aromatic N) is 1. The van der Waals surface area contributed by atoms with E-state index in [0.717, 1.165) is 5.56 Å². The van der Waals surface area contributed by atoms with Gasteiger partial charge in [0.1, 0.15) is 0 Å². The first-order valence-corrected chi connectivity index (χ1v) is 5.06. The molecule has 3 nitrogen and oxygen atoms in total. The van der Waals surface area contributed by atoms with Crippen molar-refractivity contribution in [2.75, 3.05) is 13.6 Å². The van der Waals surface area contributed by atoms with E-state index >= 15 is 0 Å². The smallest absolute Gasteiger partial charge is 0.317 e. The molecule has 1 unspecified atom stereocenters. The minimum atomic E-state index is -0.821. The summed E-state index contributed by atoms with van der Waals surface area (Å²) in [6.07, 6.45) is 0. The van der Waals surface area contributed by atoms with Gasteiger partial charge in [-0.25, -0.2) is 0 Å². The molecule has 0 aromatic heterocycles. The van der Waals surface area contributed by atoms with E-state index < -0.39 is 5.97 Å². The molecule has 82 valence electrons. The molecular weight excluding hydrogens is 214 g/mol. The van der Waals surface area contributed by atoms with Crippen molar-refractivity contribution in [3.05, 3.63) is 34.9 Å². The summed E-state index contributed by atoms with van der Waals surface area (Å²) in [6, 6.07) is 7.50. The molecule has 1 aromatic rings. The summed E-state index contributed by atoms with van der Waals surface area (Å²) in [7, 11) is 1.79. The third-order valence-corrected chi connectivity index (χ3v) is 2.65. The number of halogens is 1. The molecule has 1 atom stereocenters. The highest BCUT2D eigenvalue weighted by Crippen LogP contribution is 2.20. The van der Waals surface area contributed by atoms with E-state index in [-0.39, 0.29) is 12.6 Å². The van der Waals surface area contributed by atoms with E-state index in [1.165, 1.54) is 0 Å². The Hall–Kier alpha value is -1.06. The third-order valence-electron chi connectivity index (χ3n) is 2.40. The zero-order valence-corrected chi connectivity index (χ0v) is 9.53. The minimum Gasteiger partial charge on any atom is -0.480 e. The van der Waals surface area contributed by atoms with Crippen LogP contribution >= 0.6 is 11.6 Å². The van der Waals surface area contributed by atoms with E-state index in [0.29, 0.717) is 5.02 Å². The predicted octanol–water partition coefficient (Wildman–Crippen LogP) is 2.42. The van der Waals surface area contributed by atoms with Gasteiger partial charge in [-0.15, -0.1) is 0 Å². The second-order valence-electron chi connectivity index (χ2n) is 3.54. The monoisotopic (exact) mass is 227 g/mol. The topological polar surface area (TPSA) is 40.5 Å². The van der Waals surface area contributed by atoms with E-state index in [1.807, 2.05) is 31.2 Å². The lowest BCUT2D eigenvalue weighted by atomic mass is 10.1. The molecule has 0 saturated heterocycles. The van der Waals surface area contributed by atoms with Crippen molar-refractivity contribution in [2.45, 2.75) is 13.0 Å². The Kier molecular flexibility index (Phi) is 4.12. The van der Waals surface area contributed by atoms with Crippen molar-refractivity contribution in [1.29, 1.82) is 0 Å². The molecule has 1 N–H and O–H groups in total. The molecule has 1 rings (SSSR count). The molecule has 0 aliphatic heterocycles. The number of aliphatic carboxylic acids is 1. The van der Waals surface area contributed by atoms with Crippen LogP contribution in [0.5, 0.6) is 0 Å². The number of likely N-dealkylation sites (N-methyl/N-ethyl adjacent to an activating group) is 1. The van der Waals surface area contributed by atoms with E-state index in [2.05, 4.69) is 0 Å². The predicted molar refractivity (Wildman–Crippen MR) is 60.1 cm³/mol. The van der Waals surface area contributed by atoms with Gasteiger partial charge in [0.15, 0.2) is 0 Å². The lowest BCUT2D eigenvalue weighted by Crippen LogP contribution is -2.28. The third kappa shape index (κ3) is 3.53. The van der Waals surface area contributed by atoms with Crippen LogP contribution in [0.1, 0.15) is 18.5 Å². The van der Waals surface area contributed by atoms with Gasteiger partial charge in [-0.2, -0.15) is 0 Å². The van der Waals surface area contributed by atoms with Crippen molar-refractivity contribution in [3.63, 3.8) is 0 Å². The van der Waals surface area contributed by atoms with Gasteiger partial charge in [0, 0.05) is 11.1 Å². The SMILES string of the molecule is CC(c1ccc(Cl)cc1)N(C)CC(=O)O. The maximum absolute atomic E-state index is 10.5. The van der Waals surface area contributed by atoms with Gasteiger partial charge >= 0.3 is 5.97 Å². The number of rotatable bonds is 4. The number of carboxylic acids is 1. The van der Waals surface area contributed by atoms with Crippen LogP contribution in [0.25, 0.3) is 0 Å². The lowest BCUT2D eigenvalue weighted by Gasteiger charge is -2.23. The number of benzene rings is 1. The molecule has 0 bridgehead atoms. The average molecular weight is 228 g/mol. The van der Waals surface area contributed by atoms with Crippen LogP contribution in [0.3, 0.4) is 0 Å². The Balaban J connectivity index is 2.71. The maximum atomic E-state index is 10.5. The number of carboxylic acid groups (broad SMARTS) is 1. The van der Waals surface area contributed by atoms with E-state index in [1.54, 1.807) is 11.9 Å². The van der Waals surface area contributed by atoms with Crippen molar-refractivity contribution >= 4 is 17.6 Å². The van der Waals surface area contributed by atoms with Crippen LogP contribution in [0, 0.1) is 0 Å². The summed E-state index contributed by atoms with van der Waals surface area (Å²) in [4.78, 5) is 12.3. The molecule has 15 heavy (non-hydrogen) atoms. The Morgan fingerprint density at radius 2 is 2.00 bits per heavy atom. The van der Waals surface area contributed by atoms with Crippen molar-refractivity contribution in [1.82, 2.24) is 4.90 Å². The highest BCUT2D eigenvalue weighted by molar-refractivity contribution is 6.30. The summed E-state index contributed by atoms with van der Waals surface area (Å²) >= 11 is 5.77. The van der Waals surface area contributed by atoms with Gasteiger partial charge in [0.25, 0.3) is 0 Å². The Labute approximate surface area is 94.3 Å². The fourth-order valence-corrected chi connectivity index (χ4v) is 1.47. The zero-order chi connectivity index (χ0) is 11.4. The molecule has 0 amide bonds. The second-order valence-corrected chi connectivity index (χ2v) is 3.97. The zero-order valence-electron chi connectivity index (χ0n) is 8.77. The van der Waals surface area contributed by atoms with Crippen LogP contribution in [-0.4, -0.2) is 29.6 Å². The van der Waals surface area contributed by atoms with Crippen molar-refractivity contribution in [3.8, 4) is 0 Å². The molecule has 0 aliphatic carbocycles. The van der Waals surface area contributed by atoms with E-state index in [4.69, 9.17) is 16.7 Å². The average Bonchev–Trinajstić information content (AvgIpc) is 2.17. The Morgan fingerprint density at radius 1 is 1.47 bits per heavy atom. The number of carbonyl (C=O) groups is 1. The normalized spacial score (nSPS) is 12.8. The van der Waals surface area contributed by atoms with Crippen molar-refractivity contribution in [2.24, 2.45) is 0 Å². The number of hydrogen-bond donors (Lipinski definition) is 1. The Bertz CT molecular complexity index is 337. The highest BCUT2D eigenvalue weighted by atomic mass is 35.5. The van der Waals surface area contributed by atoms with Gasteiger partial charge in [-0.1, -0.05) is 23.7 Å². The van der Waals surface area contributed by atoms with Crippen LogP contribution in [0.4, 0.5) is 0 Å². The largest absolute Gasteiger partial charge is 0.480 e. The Morgan fingerprint density at radius 3 is 2.47 bits per heavy atom. The molecule has 4 heteroatoms. The lowest BCUT2D eigenvalue weighted by molar-refractivity contribution is -0.138. The molecule has 0 spiro atoms. The minimum absolute atomic E-state index is 0.0315. The maximum Gasteiger partial charge on any atom is 0.317 e. The van der Waals surface area contributed by atoms with Gasteiger partial charge < -0.3 is 5.11 Å². The fraction of sp³-hybridized carbons (Fsp3) is 0.364. The fourth-order valence-electron chi connectivity index (χ4n) is 1.35. The quantitative estimate of drug-likeness (QED) is 0.859. The molecule has 0 aliphatic rings. The van der Waals surface area contributed by atoms with Gasteiger partial charge in [-0.05, 0) is 31.7 Å². The molecule has 1 aromatic carbocycles. The van der Waals surface area contributed by atoms with Gasteiger partial charge in [-0.3, -0.25) is 9.69 Å². The van der Waals surface area contributed by atoms with Gasteiger partial charge in [0.05, 0.1) is 6.54 Å². The highest BCUT2D eigenvalue weighted by Gasteiger charge is 2.13. The van der Waals surface area contributed by atoms with Crippen LogP contribution in [-0.2, 0) is 4.79 Å². The van der Waals surface area contributed by atoms with Crippen LogP contribution in [0.2, 0.25) is 5.02 Å². The first kappa shape index (κ1) is 12.0. The molecule has 0 saturated carbocycles. The summed E-state index contributed by atoms with van der Waals surface area (Å²) < 4.78 is 0. The molecule has 0 fully saturated rings. The number of hydrogen-bond acceptors (Lipinski definition) is 2. The first-order chi connectivity index (χ1) is 7.00. The molecular formula is C11H14ClNO2. The second kappa shape index (κ2) is 5.14. The molecule has 0 heterocycles. The van der Waals surface area contributed by atoms with E-state index in [9.17, 15) is 4.79 Å². The standard InChI is InChI=1S/C11H14ClNO2/c1-8(13(2)7-11(14)15)9-3-5-10(12)6-4-9/h3-6,8H,7H2,1-2H3,(H,14,15). The van der Waals surface area contributed by atoms with Crippen molar-refractivity contribution < 1.29 is 9.90 Å². The summed E-state index contributed by atoms with van der Waals surface area (Å²) in [5, 5.41) is 9.35. The summed E-state index contributed by atoms with van der Waals surface area (Å²) in [5.41, 5.74) is 1.06. The molecule has 0 radical (unpaired) electrons. The van der Waals surface area contributed by atoms with Crippen LogP contribution in [0.15, 0.2) is 24.3 Å². The summed E-state index contributed by atoms with van der Waals surface area (Å²) in [5.74, 6) is -0.821. The van der Waals surface area contributed by atoms with Crippen LogP contribution < -0.4 is 0 Å². The van der Waals surface area contributed by atoms with Gasteiger partial charge in [0.2, 0.25) is 0 Å². The summed E-state index contributed by atoms with van der Waals surface area (Å²) in [6.45, 7) is 2.00.